The normalized spacial score (nSPS) is 12.5. The first-order chi connectivity index (χ1) is 8.70. The van der Waals surface area contributed by atoms with E-state index in [1.54, 1.807) is 0 Å². The summed E-state index contributed by atoms with van der Waals surface area (Å²) in [5.74, 6) is 0.976. The van der Waals surface area contributed by atoms with Crippen molar-refractivity contribution in [2.45, 2.75) is 6.92 Å². The van der Waals surface area contributed by atoms with Gasteiger partial charge in [0.05, 0.1) is 0 Å². The van der Waals surface area contributed by atoms with Crippen molar-refractivity contribution >= 4 is 27.6 Å². The fraction of sp³-hybridized carbons (Fsp3) is 0.308. The largest absolute Gasteiger partial charge is 0.351 e. The number of fused-ring (bicyclic) bond motifs is 1. The van der Waals surface area contributed by atoms with Crippen LogP contribution in [0.15, 0.2) is 30.3 Å². The molecule has 1 heterocycles. The van der Waals surface area contributed by atoms with Gasteiger partial charge in [0, 0.05) is 39.8 Å². The summed E-state index contributed by atoms with van der Waals surface area (Å²) in [6.07, 6.45) is 0. The maximum atomic E-state index is 11.8. The van der Waals surface area contributed by atoms with Crippen molar-refractivity contribution in [2.75, 3.05) is 18.1 Å². The summed E-state index contributed by atoms with van der Waals surface area (Å²) in [6.45, 7) is 2.31. The Hall–Kier alpha value is -1.62. The number of rotatable bonds is 5. The second kappa shape index (κ2) is 5.82. The van der Waals surface area contributed by atoms with Gasteiger partial charge in [-0.3, -0.25) is 9.00 Å². The molecule has 1 aromatic heterocycles. The maximum absolute atomic E-state index is 11.8. The first-order valence-electron chi connectivity index (χ1n) is 5.91. The molecule has 1 unspecified atom stereocenters. The molecule has 5 heteroatoms. The lowest BCUT2D eigenvalue weighted by molar-refractivity contribution is 0.0952. The van der Waals surface area contributed by atoms with E-state index in [-0.39, 0.29) is 5.91 Å². The summed E-state index contributed by atoms with van der Waals surface area (Å²) in [4.78, 5) is 14.9. The molecule has 2 aromatic rings. The Balaban J connectivity index is 1.98. The third kappa shape index (κ3) is 2.98. The summed E-state index contributed by atoms with van der Waals surface area (Å²) in [5, 5.41) is 3.78. The lowest BCUT2D eigenvalue weighted by atomic mass is 10.2. The van der Waals surface area contributed by atoms with Gasteiger partial charge in [0.2, 0.25) is 0 Å². The molecule has 1 atom stereocenters. The average Bonchev–Trinajstić information content (AvgIpc) is 2.82. The van der Waals surface area contributed by atoms with Crippen molar-refractivity contribution in [1.29, 1.82) is 0 Å². The van der Waals surface area contributed by atoms with E-state index in [1.165, 1.54) is 0 Å². The smallest absolute Gasteiger partial charge is 0.267 e. The third-order valence-electron chi connectivity index (χ3n) is 2.71. The minimum Gasteiger partial charge on any atom is -0.351 e. The molecule has 0 radical (unpaired) electrons. The number of hydrogen-bond acceptors (Lipinski definition) is 2. The zero-order chi connectivity index (χ0) is 13.0. The van der Waals surface area contributed by atoms with Gasteiger partial charge in [0.1, 0.15) is 5.69 Å². The van der Waals surface area contributed by atoms with E-state index in [4.69, 9.17) is 0 Å². The molecule has 0 fully saturated rings. The van der Waals surface area contributed by atoms with E-state index in [0.29, 0.717) is 23.7 Å². The van der Waals surface area contributed by atoms with Gasteiger partial charge >= 0.3 is 0 Å². The van der Waals surface area contributed by atoms with Gasteiger partial charge in [-0.2, -0.15) is 0 Å². The van der Waals surface area contributed by atoms with Crippen LogP contribution in [0, 0.1) is 0 Å². The molecule has 4 nitrogen and oxygen atoms in total. The number of nitrogens with one attached hydrogen (secondary N) is 2. The molecule has 1 amide bonds. The van der Waals surface area contributed by atoms with Crippen LogP contribution in [0.5, 0.6) is 0 Å². The van der Waals surface area contributed by atoms with E-state index in [2.05, 4.69) is 10.3 Å². The Kier molecular flexibility index (Phi) is 4.15. The molecular weight excluding hydrogens is 248 g/mol. The van der Waals surface area contributed by atoms with Crippen molar-refractivity contribution < 1.29 is 9.00 Å². The van der Waals surface area contributed by atoms with Crippen molar-refractivity contribution in [3.8, 4) is 0 Å². The van der Waals surface area contributed by atoms with Crippen LogP contribution >= 0.6 is 0 Å². The van der Waals surface area contributed by atoms with Gasteiger partial charge in [0.25, 0.3) is 5.91 Å². The lowest BCUT2D eigenvalue weighted by Gasteiger charge is -2.02. The molecular formula is C13H16N2O2S. The Morgan fingerprint density at radius 2 is 2.17 bits per heavy atom. The zero-order valence-electron chi connectivity index (χ0n) is 10.2. The number of carbonyl (C=O) groups is 1. The quantitative estimate of drug-likeness (QED) is 0.863. The van der Waals surface area contributed by atoms with Crippen LogP contribution in [0.25, 0.3) is 10.9 Å². The van der Waals surface area contributed by atoms with Crippen LogP contribution in [-0.2, 0) is 10.8 Å². The standard InChI is InChI=1S/C13H16N2O2S/c1-2-18(17)8-7-14-13(16)12-9-10-5-3-4-6-11(10)15-12/h3-6,9,15H,2,7-8H2,1H3,(H,14,16). The fourth-order valence-corrected chi connectivity index (χ4v) is 2.33. The predicted octanol–water partition coefficient (Wildman–Crippen LogP) is 1.67. The topological polar surface area (TPSA) is 62.0 Å². The van der Waals surface area contributed by atoms with E-state index < -0.39 is 10.8 Å². The van der Waals surface area contributed by atoms with Crippen molar-refractivity contribution in [3.05, 3.63) is 36.0 Å². The molecule has 0 bridgehead atoms. The molecule has 0 saturated heterocycles. The van der Waals surface area contributed by atoms with Crippen molar-refractivity contribution in [1.82, 2.24) is 10.3 Å². The maximum Gasteiger partial charge on any atom is 0.267 e. The van der Waals surface area contributed by atoms with E-state index >= 15 is 0 Å². The predicted molar refractivity (Wildman–Crippen MR) is 74.2 cm³/mol. The fourth-order valence-electron chi connectivity index (χ4n) is 1.71. The highest BCUT2D eigenvalue weighted by Gasteiger charge is 2.08. The molecule has 1 aromatic carbocycles. The van der Waals surface area contributed by atoms with Crippen LogP contribution in [-0.4, -0.2) is 33.2 Å². The number of aromatic nitrogens is 1. The van der Waals surface area contributed by atoms with Gasteiger partial charge in [-0.25, -0.2) is 0 Å². The number of H-pyrrole nitrogens is 1. The van der Waals surface area contributed by atoms with Crippen LogP contribution in [0.4, 0.5) is 0 Å². The molecule has 18 heavy (non-hydrogen) atoms. The van der Waals surface area contributed by atoms with E-state index in [1.807, 2.05) is 37.3 Å². The van der Waals surface area contributed by atoms with Crippen LogP contribution in [0.1, 0.15) is 17.4 Å². The van der Waals surface area contributed by atoms with Crippen LogP contribution in [0.2, 0.25) is 0 Å². The lowest BCUT2D eigenvalue weighted by Crippen LogP contribution is -2.28. The number of para-hydroxylation sites is 1. The number of hydrogen-bond donors (Lipinski definition) is 2. The summed E-state index contributed by atoms with van der Waals surface area (Å²) >= 11 is 0. The summed E-state index contributed by atoms with van der Waals surface area (Å²) in [7, 11) is -0.839. The van der Waals surface area contributed by atoms with Crippen molar-refractivity contribution in [3.63, 3.8) is 0 Å². The first kappa shape index (κ1) is 12.8. The molecule has 96 valence electrons. The number of amides is 1. The Morgan fingerprint density at radius 1 is 1.39 bits per heavy atom. The molecule has 0 aliphatic rings. The molecule has 0 spiro atoms. The molecule has 2 rings (SSSR count). The van der Waals surface area contributed by atoms with E-state index in [9.17, 15) is 9.00 Å². The minimum atomic E-state index is -0.839. The minimum absolute atomic E-state index is 0.153. The van der Waals surface area contributed by atoms with Gasteiger partial charge in [-0.1, -0.05) is 25.1 Å². The Labute approximate surface area is 108 Å². The van der Waals surface area contributed by atoms with Gasteiger partial charge in [0.15, 0.2) is 0 Å². The first-order valence-corrected chi connectivity index (χ1v) is 7.40. The second-order valence-electron chi connectivity index (χ2n) is 3.96. The van der Waals surface area contributed by atoms with Crippen LogP contribution in [0.3, 0.4) is 0 Å². The number of benzene rings is 1. The summed E-state index contributed by atoms with van der Waals surface area (Å²) < 4.78 is 11.2. The second-order valence-corrected chi connectivity index (χ2v) is 5.82. The van der Waals surface area contributed by atoms with Gasteiger partial charge in [-0.15, -0.1) is 0 Å². The highest BCUT2D eigenvalue weighted by atomic mass is 32.2. The van der Waals surface area contributed by atoms with E-state index in [0.717, 1.165) is 10.9 Å². The average molecular weight is 264 g/mol. The molecule has 2 N–H and O–H groups in total. The molecule has 0 saturated carbocycles. The molecule has 0 aliphatic carbocycles. The Bertz CT molecular complexity index is 544. The molecule has 0 aliphatic heterocycles. The Morgan fingerprint density at radius 3 is 2.89 bits per heavy atom. The third-order valence-corrected chi connectivity index (χ3v) is 4.02. The monoisotopic (exact) mass is 264 g/mol. The van der Waals surface area contributed by atoms with Gasteiger partial charge < -0.3 is 10.3 Å². The SMILES string of the molecule is CCS(=O)CCNC(=O)c1cc2ccccc2[nH]1. The van der Waals surface area contributed by atoms with Crippen molar-refractivity contribution in [2.24, 2.45) is 0 Å². The highest BCUT2D eigenvalue weighted by molar-refractivity contribution is 7.84. The summed E-state index contributed by atoms with van der Waals surface area (Å²) in [5.41, 5.74) is 1.48. The highest BCUT2D eigenvalue weighted by Crippen LogP contribution is 2.14. The zero-order valence-corrected chi connectivity index (χ0v) is 11.0. The number of carbonyl (C=O) groups excluding carboxylic acids is 1. The van der Waals surface area contributed by atoms with Gasteiger partial charge in [-0.05, 0) is 12.1 Å². The van der Waals surface area contributed by atoms with Crippen LogP contribution < -0.4 is 5.32 Å². The number of aromatic amines is 1. The summed E-state index contributed by atoms with van der Waals surface area (Å²) in [6, 6.07) is 9.56.